The first kappa shape index (κ1) is 15.1. The number of pyridine rings is 1. The smallest absolute Gasteiger partial charge is 0.233 e. The highest BCUT2D eigenvalue weighted by atomic mass is 32.2. The molecule has 0 fully saturated rings. The van der Waals surface area contributed by atoms with E-state index in [4.69, 9.17) is 5.21 Å². The first-order valence-corrected chi connectivity index (χ1v) is 7.82. The molecule has 0 atom stereocenters. The molecule has 0 radical (unpaired) electrons. The Morgan fingerprint density at radius 2 is 1.62 bits per heavy atom. The summed E-state index contributed by atoms with van der Waals surface area (Å²) in [5, 5.41) is 9.26. The van der Waals surface area contributed by atoms with Crippen molar-refractivity contribution in [2.24, 2.45) is 0 Å². The molecule has 1 N–H and O–H groups in total. The molecule has 2 aromatic rings. The Hall–Kier alpha value is -2.25. The number of carbonyl (C=O) groups is 1. The molecule has 0 aliphatic heterocycles. The minimum atomic E-state index is -3.54. The average molecular weight is 306 g/mol. The molecule has 7 heteroatoms. The second-order valence-electron chi connectivity index (χ2n) is 4.35. The Balaban J connectivity index is 2.17. The highest BCUT2D eigenvalue weighted by molar-refractivity contribution is 7.91. The van der Waals surface area contributed by atoms with Crippen molar-refractivity contribution in [3.8, 4) is 11.1 Å². The van der Waals surface area contributed by atoms with E-state index in [9.17, 15) is 13.2 Å². The maximum atomic E-state index is 12.0. The zero-order valence-electron chi connectivity index (χ0n) is 11.1. The van der Waals surface area contributed by atoms with Crippen LogP contribution in [0.1, 0.15) is 0 Å². The molecule has 1 aromatic heterocycles. The molecule has 0 aliphatic carbocycles. The zero-order chi connectivity index (χ0) is 15.3. The van der Waals surface area contributed by atoms with E-state index in [0.29, 0.717) is 5.06 Å². The summed E-state index contributed by atoms with van der Waals surface area (Å²) in [6.45, 7) is -0.266. The van der Waals surface area contributed by atoms with E-state index in [2.05, 4.69) is 4.98 Å². The van der Waals surface area contributed by atoms with Gasteiger partial charge in [-0.1, -0.05) is 12.1 Å². The number of nitrogens with zero attached hydrogens (tertiary/aromatic N) is 2. The Morgan fingerprint density at radius 1 is 1.05 bits per heavy atom. The summed E-state index contributed by atoms with van der Waals surface area (Å²) in [6.07, 6.45) is 3.49. The fourth-order valence-electron chi connectivity index (χ4n) is 1.78. The zero-order valence-corrected chi connectivity index (χ0v) is 11.9. The Labute approximate surface area is 122 Å². The van der Waals surface area contributed by atoms with Gasteiger partial charge in [0.05, 0.1) is 17.2 Å². The standard InChI is InChI=1S/C14H14N2O4S/c17-11-16(18)9-10-21(19,20)14-3-1-12(2-4-14)13-5-7-15-8-6-13/h1-8,11,18H,9-10H2. The number of hydrogen-bond donors (Lipinski definition) is 1. The normalized spacial score (nSPS) is 11.1. The minimum absolute atomic E-state index is 0.152. The number of hydroxylamine groups is 2. The number of hydrogen-bond acceptors (Lipinski definition) is 5. The number of aromatic nitrogens is 1. The van der Waals surface area contributed by atoms with Crippen LogP contribution in [0.3, 0.4) is 0 Å². The lowest BCUT2D eigenvalue weighted by molar-refractivity contribution is -0.148. The molecule has 1 amide bonds. The third-order valence-corrected chi connectivity index (χ3v) is 4.65. The first-order chi connectivity index (χ1) is 10.0. The fraction of sp³-hybridized carbons (Fsp3) is 0.143. The molecular formula is C14H14N2O4S. The van der Waals surface area contributed by atoms with Crippen molar-refractivity contribution in [3.05, 3.63) is 48.8 Å². The van der Waals surface area contributed by atoms with Crippen LogP contribution < -0.4 is 0 Å². The molecule has 0 spiro atoms. The summed E-state index contributed by atoms with van der Waals surface area (Å²) in [5.41, 5.74) is 1.82. The molecule has 21 heavy (non-hydrogen) atoms. The number of benzene rings is 1. The monoisotopic (exact) mass is 306 g/mol. The van der Waals surface area contributed by atoms with Crippen LogP contribution in [0.15, 0.2) is 53.7 Å². The second kappa shape index (κ2) is 6.47. The average Bonchev–Trinajstić information content (AvgIpc) is 2.53. The van der Waals surface area contributed by atoms with E-state index < -0.39 is 9.84 Å². The van der Waals surface area contributed by atoms with Gasteiger partial charge < -0.3 is 0 Å². The van der Waals surface area contributed by atoms with E-state index in [1.165, 1.54) is 12.1 Å². The van der Waals surface area contributed by atoms with Crippen LogP contribution in [0.5, 0.6) is 0 Å². The predicted octanol–water partition coefficient (Wildman–Crippen LogP) is 1.37. The highest BCUT2D eigenvalue weighted by Crippen LogP contribution is 2.21. The second-order valence-corrected chi connectivity index (χ2v) is 6.46. The van der Waals surface area contributed by atoms with Gasteiger partial charge >= 0.3 is 0 Å². The van der Waals surface area contributed by atoms with Gasteiger partial charge in [0.15, 0.2) is 9.84 Å². The van der Waals surface area contributed by atoms with Crippen molar-refractivity contribution in [1.29, 1.82) is 0 Å². The molecule has 2 rings (SSSR count). The summed E-state index contributed by atoms with van der Waals surface area (Å²) < 4.78 is 24.1. The maximum absolute atomic E-state index is 12.0. The minimum Gasteiger partial charge on any atom is -0.286 e. The lowest BCUT2D eigenvalue weighted by Gasteiger charge is -2.09. The van der Waals surface area contributed by atoms with Crippen molar-refractivity contribution in [3.63, 3.8) is 0 Å². The molecule has 0 saturated heterocycles. The molecule has 1 aromatic carbocycles. The predicted molar refractivity (Wildman–Crippen MR) is 76.3 cm³/mol. The third-order valence-electron chi connectivity index (χ3n) is 2.94. The van der Waals surface area contributed by atoms with Crippen LogP contribution in [-0.2, 0) is 14.6 Å². The van der Waals surface area contributed by atoms with Gasteiger partial charge in [-0.25, -0.2) is 13.5 Å². The van der Waals surface area contributed by atoms with Crippen LogP contribution in [0.2, 0.25) is 0 Å². The molecular weight excluding hydrogens is 292 g/mol. The van der Waals surface area contributed by atoms with Crippen molar-refractivity contribution < 1.29 is 18.4 Å². The van der Waals surface area contributed by atoms with Gasteiger partial charge in [-0.15, -0.1) is 0 Å². The SMILES string of the molecule is O=CN(O)CCS(=O)(=O)c1ccc(-c2ccncc2)cc1. The van der Waals surface area contributed by atoms with Crippen LogP contribution in [0, 0.1) is 0 Å². The van der Waals surface area contributed by atoms with Gasteiger partial charge in [0.1, 0.15) is 0 Å². The summed E-state index contributed by atoms with van der Waals surface area (Å²) in [5.74, 6) is -0.336. The number of carbonyl (C=O) groups excluding carboxylic acids is 1. The molecule has 0 saturated carbocycles. The topological polar surface area (TPSA) is 87.6 Å². The van der Waals surface area contributed by atoms with Crippen LogP contribution in [0.25, 0.3) is 11.1 Å². The van der Waals surface area contributed by atoms with Gasteiger partial charge in [-0.3, -0.25) is 15.0 Å². The highest BCUT2D eigenvalue weighted by Gasteiger charge is 2.15. The third kappa shape index (κ3) is 3.87. The molecule has 6 nitrogen and oxygen atoms in total. The Bertz CT molecular complexity index is 700. The van der Waals surface area contributed by atoms with Crippen LogP contribution in [-0.4, -0.2) is 42.4 Å². The molecule has 0 unspecified atom stereocenters. The molecule has 110 valence electrons. The molecule has 0 bridgehead atoms. The van der Waals surface area contributed by atoms with Crippen molar-refractivity contribution in [2.75, 3.05) is 12.3 Å². The van der Waals surface area contributed by atoms with E-state index in [1.54, 1.807) is 24.5 Å². The number of rotatable bonds is 6. The molecule has 1 heterocycles. The Morgan fingerprint density at radius 3 is 2.19 bits per heavy atom. The molecule has 0 aliphatic rings. The van der Waals surface area contributed by atoms with E-state index >= 15 is 0 Å². The first-order valence-electron chi connectivity index (χ1n) is 6.17. The van der Waals surface area contributed by atoms with Gasteiger partial charge in [0.2, 0.25) is 6.41 Å². The quantitative estimate of drug-likeness (QED) is 0.495. The maximum Gasteiger partial charge on any atom is 0.233 e. The van der Waals surface area contributed by atoms with E-state index in [0.717, 1.165) is 11.1 Å². The van der Waals surface area contributed by atoms with Crippen molar-refractivity contribution in [1.82, 2.24) is 10.0 Å². The van der Waals surface area contributed by atoms with Crippen molar-refractivity contribution >= 4 is 16.2 Å². The lowest BCUT2D eigenvalue weighted by atomic mass is 10.1. The fourth-order valence-corrected chi connectivity index (χ4v) is 3.00. The van der Waals surface area contributed by atoms with Gasteiger partial charge in [-0.05, 0) is 35.4 Å². The van der Waals surface area contributed by atoms with Crippen molar-refractivity contribution in [2.45, 2.75) is 4.90 Å². The van der Waals surface area contributed by atoms with Gasteiger partial charge in [0.25, 0.3) is 0 Å². The summed E-state index contributed by atoms with van der Waals surface area (Å²) in [7, 11) is -3.54. The van der Waals surface area contributed by atoms with E-state index in [1.807, 2.05) is 12.1 Å². The summed E-state index contributed by atoms with van der Waals surface area (Å²) in [4.78, 5) is 14.3. The van der Waals surface area contributed by atoms with Gasteiger partial charge in [0, 0.05) is 12.4 Å². The van der Waals surface area contributed by atoms with E-state index in [-0.39, 0.29) is 23.6 Å². The number of sulfone groups is 1. The summed E-state index contributed by atoms with van der Waals surface area (Å²) in [6, 6.07) is 10.1. The van der Waals surface area contributed by atoms with Crippen LogP contribution in [0.4, 0.5) is 0 Å². The lowest BCUT2D eigenvalue weighted by Crippen LogP contribution is -2.24. The van der Waals surface area contributed by atoms with Gasteiger partial charge in [-0.2, -0.15) is 0 Å². The van der Waals surface area contributed by atoms with Crippen LogP contribution >= 0.6 is 0 Å². The Kier molecular flexibility index (Phi) is 4.66. The summed E-state index contributed by atoms with van der Waals surface area (Å²) >= 11 is 0. The largest absolute Gasteiger partial charge is 0.286 e. The number of amides is 1.